The number of piperazine rings is 1. The normalized spacial score (nSPS) is 14.6. The fourth-order valence-corrected chi connectivity index (χ4v) is 2.70. The van der Waals surface area contributed by atoms with Crippen LogP contribution < -0.4 is 10.2 Å². The van der Waals surface area contributed by atoms with Crippen LogP contribution in [-0.2, 0) is 4.79 Å². The number of aromatic nitrogens is 3. The molecule has 7 nitrogen and oxygen atoms in total. The van der Waals surface area contributed by atoms with Gasteiger partial charge in [-0.05, 0) is 36.8 Å². The van der Waals surface area contributed by atoms with Gasteiger partial charge in [0, 0.05) is 38.8 Å². The van der Waals surface area contributed by atoms with E-state index in [4.69, 9.17) is 0 Å². The van der Waals surface area contributed by atoms with Gasteiger partial charge in [-0.3, -0.25) is 4.79 Å². The van der Waals surface area contributed by atoms with Crippen LogP contribution in [0.4, 0.5) is 17.5 Å². The maximum Gasteiger partial charge on any atom is 0.222 e. The third-order valence-electron chi connectivity index (χ3n) is 4.08. The van der Waals surface area contributed by atoms with E-state index < -0.39 is 0 Å². The summed E-state index contributed by atoms with van der Waals surface area (Å²) in [6.07, 6.45) is 2.32. The lowest BCUT2D eigenvalue weighted by atomic mass is 10.3. The number of rotatable bonds is 4. The van der Waals surface area contributed by atoms with Crippen LogP contribution in [0.25, 0.3) is 0 Å². The first-order valence-electron chi connectivity index (χ1n) is 8.22. The summed E-state index contributed by atoms with van der Waals surface area (Å²) in [6, 6.07) is 7.75. The standard InChI is InChI=1S/C17H22N6O/c1-3-17(24)23-10-8-22(9-11-23)16-5-4-14(20-21-16)19-15-12-13(2)6-7-18-15/h4-7,12H,3,8-11H2,1-2H3,(H,18,19,20). The SMILES string of the molecule is CCC(=O)N1CCN(c2ccc(Nc3cc(C)ccn3)nn2)CC1. The number of nitrogens with zero attached hydrogens (tertiary/aromatic N) is 5. The van der Waals surface area contributed by atoms with Crippen LogP contribution in [0.15, 0.2) is 30.5 Å². The van der Waals surface area contributed by atoms with Crippen molar-refractivity contribution in [2.45, 2.75) is 20.3 Å². The average molecular weight is 326 g/mol. The van der Waals surface area contributed by atoms with Gasteiger partial charge < -0.3 is 15.1 Å². The van der Waals surface area contributed by atoms with Crippen molar-refractivity contribution in [3.63, 3.8) is 0 Å². The van der Waals surface area contributed by atoms with Crippen LogP contribution in [-0.4, -0.2) is 52.2 Å². The highest BCUT2D eigenvalue weighted by Crippen LogP contribution is 2.17. The van der Waals surface area contributed by atoms with Crippen molar-refractivity contribution in [1.29, 1.82) is 0 Å². The van der Waals surface area contributed by atoms with E-state index >= 15 is 0 Å². The molecule has 0 spiro atoms. The Morgan fingerprint density at radius 1 is 1.12 bits per heavy atom. The fourth-order valence-electron chi connectivity index (χ4n) is 2.70. The van der Waals surface area contributed by atoms with Crippen molar-refractivity contribution in [3.8, 4) is 0 Å². The maximum absolute atomic E-state index is 11.7. The molecule has 2 aromatic heterocycles. The van der Waals surface area contributed by atoms with Crippen LogP contribution in [0.5, 0.6) is 0 Å². The van der Waals surface area contributed by atoms with Crippen molar-refractivity contribution < 1.29 is 4.79 Å². The summed E-state index contributed by atoms with van der Waals surface area (Å²) in [5.41, 5.74) is 1.14. The molecule has 1 fully saturated rings. The maximum atomic E-state index is 11.7. The molecule has 24 heavy (non-hydrogen) atoms. The second-order valence-electron chi connectivity index (χ2n) is 5.84. The van der Waals surface area contributed by atoms with Gasteiger partial charge in [-0.25, -0.2) is 4.98 Å². The van der Waals surface area contributed by atoms with Crippen LogP contribution in [0.2, 0.25) is 0 Å². The molecule has 0 radical (unpaired) electrons. The Bertz CT molecular complexity index is 694. The predicted molar refractivity (Wildman–Crippen MR) is 93.4 cm³/mol. The number of aryl methyl sites for hydroxylation is 1. The van der Waals surface area contributed by atoms with Crippen molar-refractivity contribution >= 4 is 23.4 Å². The third kappa shape index (κ3) is 3.79. The third-order valence-corrected chi connectivity index (χ3v) is 4.08. The summed E-state index contributed by atoms with van der Waals surface area (Å²) in [5, 5.41) is 11.7. The van der Waals surface area contributed by atoms with Gasteiger partial charge in [0.2, 0.25) is 5.91 Å². The van der Waals surface area contributed by atoms with E-state index in [2.05, 4.69) is 25.4 Å². The molecule has 7 heteroatoms. The molecule has 1 saturated heterocycles. The smallest absolute Gasteiger partial charge is 0.222 e. The topological polar surface area (TPSA) is 74.2 Å². The number of pyridine rings is 1. The van der Waals surface area contributed by atoms with Crippen molar-refractivity contribution in [2.75, 3.05) is 36.4 Å². The summed E-state index contributed by atoms with van der Waals surface area (Å²) in [6.45, 7) is 6.96. The molecule has 0 unspecified atom stereocenters. The molecule has 1 amide bonds. The van der Waals surface area contributed by atoms with E-state index in [1.54, 1.807) is 6.20 Å². The molecule has 0 bridgehead atoms. The Kier molecular flexibility index (Phi) is 4.88. The monoisotopic (exact) mass is 326 g/mol. The van der Waals surface area contributed by atoms with E-state index in [1.807, 2.05) is 43.0 Å². The van der Waals surface area contributed by atoms with Crippen LogP contribution >= 0.6 is 0 Å². The molecule has 0 atom stereocenters. The Labute approximate surface area is 141 Å². The lowest BCUT2D eigenvalue weighted by Gasteiger charge is -2.35. The van der Waals surface area contributed by atoms with Crippen LogP contribution in [0.1, 0.15) is 18.9 Å². The summed E-state index contributed by atoms with van der Waals surface area (Å²) in [4.78, 5) is 20.0. The van der Waals surface area contributed by atoms with Crippen molar-refractivity contribution in [2.24, 2.45) is 0 Å². The summed E-state index contributed by atoms with van der Waals surface area (Å²) in [5.74, 6) is 2.47. The number of carbonyl (C=O) groups is 1. The van der Waals surface area contributed by atoms with E-state index in [1.165, 1.54) is 0 Å². The number of nitrogens with one attached hydrogen (secondary N) is 1. The molecule has 0 aromatic carbocycles. The Morgan fingerprint density at radius 2 is 1.92 bits per heavy atom. The van der Waals surface area contributed by atoms with Gasteiger partial charge in [0.15, 0.2) is 11.6 Å². The molecule has 3 heterocycles. The molecule has 126 valence electrons. The minimum absolute atomic E-state index is 0.214. The van der Waals surface area contributed by atoms with Gasteiger partial charge in [-0.2, -0.15) is 0 Å². The number of amides is 1. The second-order valence-corrected chi connectivity index (χ2v) is 5.84. The van der Waals surface area contributed by atoms with E-state index in [-0.39, 0.29) is 5.91 Å². The van der Waals surface area contributed by atoms with Gasteiger partial charge in [-0.15, -0.1) is 10.2 Å². The minimum atomic E-state index is 0.214. The molecule has 1 aliphatic rings. The highest BCUT2D eigenvalue weighted by atomic mass is 16.2. The van der Waals surface area contributed by atoms with Crippen LogP contribution in [0, 0.1) is 6.92 Å². The van der Waals surface area contributed by atoms with Crippen molar-refractivity contribution in [1.82, 2.24) is 20.1 Å². The Balaban J connectivity index is 1.60. The van der Waals surface area contributed by atoms with Gasteiger partial charge in [0.1, 0.15) is 5.82 Å². The molecule has 1 N–H and O–H groups in total. The molecule has 3 rings (SSSR count). The summed E-state index contributed by atoms with van der Waals surface area (Å²) >= 11 is 0. The fraction of sp³-hybridized carbons (Fsp3) is 0.412. The zero-order valence-corrected chi connectivity index (χ0v) is 14.1. The van der Waals surface area contributed by atoms with Gasteiger partial charge >= 0.3 is 0 Å². The first kappa shape index (κ1) is 16.2. The number of hydrogen-bond acceptors (Lipinski definition) is 6. The average Bonchev–Trinajstić information content (AvgIpc) is 2.62. The Hall–Kier alpha value is -2.70. The van der Waals surface area contributed by atoms with Crippen LogP contribution in [0.3, 0.4) is 0 Å². The first-order chi connectivity index (χ1) is 11.7. The lowest BCUT2D eigenvalue weighted by Crippen LogP contribution is -2.48. The molecule has 1 aliphatic heterocycles. The zero-order chi connectivity index (χ0) is 16.9. The summed E-state index contributed by atoms with van der Waals surface area (Å²) < 4.78 is 0. The molecule has 0 saturated carbocycles. The van der Waals surface area contributed by atoms with E-state index in [9.17, 15) is 4.79 Å². The largest absolute Gasteiger partial charge is 0.352 e. The number of anilines is 3. The molecular formula is C17H22N6O. The van der Waals surface area contributed by atoms with Gasteiger partial charge in [-0.1, -0.05) is 6.92 Å². The number of carbonyl (C=O) groups excluding carboxylic acids is 1. The van der Waals surface area contributed by atoms with Crippen molar-refractivity contribution in [3.05, 3.63) is 36.0 Å². The summed E-state index contributed by atoms with van der Waals surface area (Å²) in [7, 11) is 0. The first-order valence-corrected chi connectivity index (χ1v) is 8.22. The minimum Gasteiger partial charge on any atom is -0.352 e. The highest BCUT2D eigenvalue weighted by molar-refractivity contribution is 5.76. The van der Waals surface area contributed by atoms with Gasteiger partial charge in [0.25, 0.3) is 0 Å². The zero-order valence-electron chi connectivity index (χ0n) is 14.1. The predicted octanol–water partition coefficient (Wildman–Crippen LogP) is 1.98. The molecule has 2 aromatic rings. The second kappa shape index (κ2) is 7.25. The lowest BCUT2D eigenvalue weighted by molar-refractivity contribution is -0.131. The number of hydrogen-bond donors (Lipinski definition) is 1. The van der Waals surface area contributed by atoms with Gasteiger partial charge in [0.05, 0.1) is 0 Å². The van der Waals surface area contributed by atoms with E-state index in [0.717, 1.165) is 43.4 Å². The Morgan fingerprint density at radius 3 is 2.54 bits per heavy atom. The quantitative estimate of drug-likeness (QED) is 0.926. The highest BCUT2D eigenvalue weighted by Gasteiger charge is 2.20. The molecular weight excluding hydrogens is 304 g/mol. The molecule has 0 aliphatic carbocycles. The van der Waals surface area contributed by atoms with E-state index in [0.29, 0.717) is 12.2 Å².